The summed E-state index contributed by atoms with van der Waals surface area (Å²) in [5, 5.41) is 19.2. The molecule has 0 aliphatic carbocycles. The first-order chi connectivity index (χ1) is 19.1. The summed E-state index contributed by atoms with van der Waals surface area (Å²) >= 11 is 0. The Hall–Kier alpha value is -4.13. The number of benzene rings is 4. The molecule has 4 aromatic rings. The molecule has 0 spiro atoms. The van der Waals surface area contributed by atoms with Crippen LogP contribution in [0.4, 0.5) is 28.4 Å². The van der Waals surface area contributed by atoms with Crippen molar-refractivity contribution in [1.29, 1.82) is 0 Å². The fraction of sp³-hybridized carbons (Fsp3) is 0.0833. The summed E-state index contributed by atoms with van der Waals surface area (Å²) in [6.45, 7) is 1.76. The lowest BCUT2D eigenvalue weighted by Gasteiger charge is -2.07. The monoisotopic (exact) mass is 619 g/mol. The Morgan fingerprint density at radius 2 is 1.24 bits per heavy atom. The zero-order valence-corrected chi connectivity index (χ0v) is 23.4. The van der Waals surface area contributed by atoms with Crippen molar-refractivity contribution in [3.63, 3.8) is 0 Å². The fourth-order valence-corrected chi connectivity index (χ4v) is 5.27. The van der Waals surface area contributed by atoms with E-state index in [2.05, 4.69) is 25.8 Å². The van der Waals surface area contributed by atoms with E-state index in [1.165, 1.54) is 18.2 Å². The average Bonchev–Trinajstić information content (AvgIpc) is 2.88. The summed E-state index contributed by atoms with van der Waals surface area (Å²) in [5.41, 5.74) is 2.85. The van der Waals surface area contributed by atoms with Gasteiger partial charge in [-0.3, -0.25) is 13.7 Å². The van der Waals surface area contributed by atoms with E-state index in [1.54, 1.807) is 49.4 Å². The number of rotatable bonds is 9. The molecule has 41 heavy (non-hydrogen) atoms. The van der Waals surface area contributed by atoms with Gasteiger partial charge in [-0.25, -0.2) is 0 Å². The Morgan fingerprint density at radius 3 is 1.80 bits per heavy atom. The molecule has 14 nitrogen and oxygen atoms in total. The summed E-state index contributed by atoms with van der Waals surface area (Å²) in [5.74, 6) is -0.624. The van der Waals surface area contributed by atoms with Crippen LogP contribution in [-0.2, 0) is 30.4 Å². The van der Waals surface area contributed by atoms with E-state index >= 15 is 0 Å². The van der Waals surface area contributed by atoms with Gasteiger partial charge in [-0.1, -0.05) is 6.07 Å². The number of anilines is 1. The Morgan fingerprint density at radius 1 is 0.659 bits per heavy atom. The third-order valence-corrected chi connectivity index (χ3v) is 7.74. The molecule has 0 aliphatic rings. The summed E-state index contributed by atoms with van der Waals surface area (Å²) in [6, 6.07) is 17.2. The smallest absolute Gasteiger partial charge is 0.295 e. The Bertz CT molecular complexity index is 2030. The summed E-state index contributed by atoms with van der Waals surface area (Å²) in [6.07, 6.45) is 0. The van der Waals surface area contributed by atoms with Crippen molar-refractivity contribution in [2.24, 2.45) is 20.5 Å². The topological polar surface area (TPSA) is 225 Å². The van der Waals surface area contributed by atoms with E-state index in [0.29, 0.717) is 34.4 Å². The lowest BCUT2D eigenvalue weighted by molar-refractivity contribution is 0.480. The Kier molecular flexibility index (Phi) is 8.29. The van der Waals surface area contributed by atoms with E-state index in [4.69, 9.17) is 4.55 Å². The van der Waals surface area contributed by atoms with Gasteiger partial charge in [-0.05, 0) is 84.6 Å². The normalized spacial score (nSPS) is 12.9. The summed E-state index contributed by atoms with van der Waals surface area (Å²) in [7, 11) is -13.7. The van der Waals surface area contributed by atoms with Crippen molar-refractivity contribution in [3.05, 3.63) is 78.4 Å². The second-order valence-corrected chi connectivity index (χ2v) is 12.9. The van der Waals surface area contributed by atoms with Gasteiger partial charge in [-0.2, -0.15) is 45.7 Å². The first-order valence-electron chi connectivity index (χ1n) is 11.3. The van der Waals surface area contributed by atoms with Crippen LogP contribution in [0, 0.1) is 6.92 Å². The number of nitrogens with zero attached hydrogens (tertiary/aromatic N) is 4. The zero-order chi connectivity index (χ0) is 30.0. The van der Waals surface area contributed by atoms with Crippen molar-refractivity contribution >= 4 is 69.6 Å². The van der Waals surface area contributed by atoms with Gasteiger partial charge in [-0.15, -0.1) is 0 Å². The van der Waals surface area contributed by atoms with Crippen LogP contribution in [-0.4, -0.2) is 44.8 Å². The number of azo groups is 2. The van der Waals surface area contributed by atoms with Gasteiger partial charge in [0.1, 0.15) is 10.8 Å². The third kappa shape index (κ3) is 7.97. The maximum absolute atomic E-state index is 11.9. The molecule has 17 heteroatoms. The van der Waals surface area contributed by atoms with Crippen LogP contribution in [0.5, 0.6) is 0 Å². The van der Waals surface area contributed by atoms with Crippen molar-refractivity contribution in [2.75, 3.05) is 11.2 Å². The predicted octanol–water partition coefficient (Wildman–Crippen LogP) is 5.73. The molecule has 0 fully saturated rings. The highest BCUT2D eigenvalue weighted by Crippen LogP contribution is 2.32. The van der Waals surface area contributed by atoms with Crippen LogP contribution in [0.2, 0.25) is 0 Å². The molecule has 0 saturated heterocycles. The van der Waals surface area contributed by atoms with Crippen molar-refractivity contribution in [2.45, 2.75) is 16.7 Å². The van der Waals surface area contributed by atoms with Crippen LogP contribution >= 0.6 is 0 Å². The second-order valence-electron chi connectivity index (χ2n) is 8.60. The first kappa shape index (κ1) is 29.8. The molecular weight excluding hydrogens is 598 g/mol. The summed E-state index contributed by atoms with van der Waals surface area (Å²) < 4.78 is 96.2. The highest BCUT2D eigenvalue weighted by atomic mass is 32.2. The van der Waals surface area contributed by atoms with Gasteiger partial charge in [0.2, 0.25) is 0 Å². The molecule has 0 amide bonds. The molecule has 0 saturated carbocycles. The number of hydrogen-bond acceptors (Lipinski definition) is 11. The standard InChI is InChI=1S/C24H21N5O9S3/c1-15-10-19(25-14-39(30,31)32)8-9-23(15)29-27-18-6-4-17(5-7-18)26-28-20-3-2-16-11-21(40(33,34)35)13-24(22(16)12-20)41(36,37)38/h2-13,25H,14H2,1H3,(H,30,31,32)(H,33,34,35)(H,36,37,38). The average molecular weight is 620 g/mol. The van der Waals surface area contributed by atoms with Crippen LogP contribution in [0.15, 0.2) is 103 Å². The number of aryl methyl sites for hydroxylation is 1. The number of fused-ring (bicyclic) bond motifs is 1. The molecule has 0 bridgehead atoms. The van der Waals surface area contributed by atoms with Gasteiger partial charge in [0.25, 0.3) is 30.4 Å². The van der Waals surface area contributed by atoms with Crippen molar-refractivity contribution < 1.29 is 38.9 Å². The quantitative estimate of drug-likeness (QED) is 0.131. The Labute approximate surface area is 234 Å². The van der Waals surface area contributed by atoms with Crippen LogP contribution < -0.4 is 5.32 Å². The van der Waals surface area contributed by atoms with Gasteiger partial charge in [0.15, 0.2) is 0 Å². The molecule has 0 unspecified atom stereocenters. The van der Waals surface area contributed by atoms with Gasteiger partial charge in [0.05, 0.1) is 27.6 Å². The Balaban J connectivity index is 1.51. The lowest BCUT2D eigenvalue weighted by atomic mass is 10.1. The molecule has 0 aromatic heterocycles. The molecule has 0 heterocycles. The molecule has 4 N–H and O–H groups in total. The van der Waals surface area contributed by atoms with E-state index < -0.39 is 46.0 Å². The lowest BCUT2D eigenvalue weighted by Crippen LogP contribution is -2.12. The fourth-order valence-electron chi connectivity index (χ4n) is 3.58. The van der Waals surface area contributed by atoms with E-state index in [9.17, 15) is 34.4 Å². The predicted molar refractivity (Wildman–Crippen MR) is 150 cm³/mol. The van der Waals surface area contributed by atoms with Crippen LogP contribution in [0.3, 0.4) is 0 Å². The first-order valence-corrected chi connectivity index (χ1v) is 15.8. The zero-order valence-electron chi connectivity index (χ0n) is 20.9. The minimum Gasteiger partial charge on any atom is -0.370 e. The largest absolute Gasteiger partial charge is 0.370 e. The molecule has 214 valence electrons. The maximum Gasteiger partial charge on any atom is 0.295 e. The van der Waals surface area contributed by atoms with Gasteiger partial charge < -0.3 is 5.32 Å². The highest BCUT2D eigenvalue weighted by Gasteiger charge is 2.20. The highest BCUT2D eigenvalue weighted by molar-refractivity contribution is 7.87. The SMILES string of the molecule is Cc1cc(NCS(=O)(=O)O)ccc1N=Nc1ccc(N=Nc2ccc3cc(S(=O)(=O)O)cc(S(=O)(=O)O)c3c2)cc1. The summed E-state index contributed by atoms with van der Waals surface area (Å²) in [4.78, 5) is -1.40. The molecular formula is C24H21N5O9S3. The second kappa shape index (κ2) is 11.4. The number of hydrogen-bond donors (Lipinski definition) is 4. The minimum absolute atomic E-state index is 0.0235. The molecule has 4 rings (SSSR count). The van der Waals surface area contributed by atoms with Crippen molar-refractivity contribution in [3.8, 4) is 0 Å². The van der Waals surface area contributed by atoms with E-state index in [0.717, 1.165) is 6.07 Å². The van der Waals surface area contributed by atoms with E-state index in [-0.39, 0.29) is 16.5 Å². The molecule has 4 aromatic carbocycles. The van der Waals surface area contributed by atoms with Crippen molar-refractivity contribution in [1.82, 2.24) is 0 Å². The number of nitrogens with one attached hydrogen (secondary N) is 1. The molecule has 0 radical (unpaired) electrons. The third-order valence-electron chi connectivity index (χ3n) is 5.51. The van der Waals surface area contributed by atoms with Gasteiger partial charge in [0, 0.05) is 11.1 Å². The molecule has 0 atom stereocenters. The van der Waals surface area contributed by atoms with E-state index in [1.807, 2.05) is 0 Å². The van der Waals surface area contributed by atoms with Gasteiger partial charge >= 0.3 is 0 Å². The van der Waals surface area contributed by atoms with Crippen LogP contribution in [0.25, 0.3) is 10.8 Å². The molecule has 0 aliphatic heterocycles. The van der Waals surface area contributed by atoms with Crippen LogP contribution in [0.1, 0.15) is 5.56 Å². The minimum atomic E-state index is -4.84. The maximum atomic E-state index is 11.9.